The number of H-pyrrole nitrogens is 1. The number of hydrogen-bond donors (Lipinski definition) is 3. The third kappa shape index (κ3) is 3.37. The summed E-state index contributed by atoms with van der Waals surface area (Å²) in [4.78, 5) is 8.33. The molecule has 1 fully saturated rings. The molecule has 2 heterocycles. The number of anilines is 1. The number of aliphatic hydroxyl groups is 1. The van der Waals surface area contributed by atoms with Crippen LogP contribution in [0.4, 0.5) is 5.69 Å². The predicted octanol–water partition coefficient (Wildman–Crippen LogP) is 4.53. The standard InChI is InChI=1S/C18H22BrN3OS/c19-12-7-11-8-16(18-21-14(5-6-23)10-24-18)22-17(11)15(9-12)20-13-3-1-2-4-13/h7-9,13-14,20,22-23H,1-6,10H2. The van der Waals surface area contributed by atoms with Crippen molar-refractivity contribution >= 4 is 49.3 Å². The molecule has 1 aromatic carbocycles. The summed E-state index contributed by atoms with van der Waals surface area (Å²) in [5, 5.41) is 15.1. The first-order valence-electron chi connectivity index (χ1n) is 8.63. The van der Waals surface area contributed by atoms with Crippen molar-refractivity contribution in [3.8, 4) is 0 Å². The second-order valence-electron chi connectivity index (χ2n) is 6.64. The van der Waals surface area contributed by atoms with E-state index in [0.29, 0.717) is 6.04 Å². The van der Waals surface area contributed by atoms with Gasteiger partial charge in [0.25, 0.3) is 0 Å². The Labute approximate surface area is 154 Å². The second-order valence-corrected chi connectivity index (χ2v) is 8.56. The van der Waals surface area contributed by atoms with Crippen LogP contribution in [0, 0.1) is 0 Å². The minimum absolute atomic E-state index is 0.205. The number of fused-ring (bicyclic) bond motifs is 1. The average Bonchev–Trinajstić information content (AvgIpc) is 3.26. The summed E-state index contributed by atoms with van der Waals surface area (Å²) in [6, 6.07) is 7.33. The molecular formula is C18H22BrN3OS. The maximum absolute atomic E-state index is 9.10. The third-order valence-corrected chi connectivity index (χ3v) is 6.42. The second kappa shape index (κ2) is 7.10. The molecule has 128 valence electrons. The van der Waals surface area contributed by atoms with E-state index in [4.69, 9.17) is 10.1 Å². The smallest absolute Gasteiger partial charge is 0.114 e. The Morgan fingerprint density at radius 1 is 1.29 bits per heavy atom. The van der Waals surface area contributed by atoms with Crippen LogP contribution in [-0.4, -0.2) is 39.6 Å². The predicted molar refractivity (Wildman–Crippen MR) is 106 cm³/mol. The van der Waals surface area contributed by atoms with Gasteiger partial charge in [0.15, 0.2) is 0 Å². The van der Waals surface area contributed by atoms with E-state index in [1.165, 1.54) is 36.8 Å². The molecule has 1 aromatic heterocycles. The van der Waals surface area contributed by atoms with Gasteiger partial charge >= 0.3 is 0 Å². The van der Waals surface area contributed by atoms with Crippen LogP contribution in [0.5, 0.6) is 0 Å². The summed E-state index contributed by atoms with van der Waals surface area (Å²) >= 11 is 5.42. The maximum atomic E-state index is 9.10. The molecule has 6 heteroatoms. The quantitative estimate of drug-likeness (QED) is 0.681. The number of aliphatic imine (C=N–C) groups is 1. The molecule has 1 atom stereocenters. The number of hydrogen-bond acceptors (Lipinski definition) is 4. The van der Waals surface area contributed by atoms with Gasteiger partial charge in [0.05, 0.1) is 22.9 Å². The highest BCUT2D eigenvalue weighted by Crippen LogP contribution is 2.33. The summed E-state index contributed by atoms with van der Waals surface area (Å²) in [5.41, 5.74) is 3.42. The number of rotatable bonds is 5. The Kier molecular flexibility index (Phi) is 4.88. The molecule has 0 saturated heterocycles. The Morgan fingerprint density at radius 2 is 2.12 bits per heavy atom. The lowest BCUT2D eigenvalue weighted by Crippen LogP contribution is -2.14. The Morgan fingerprint density at radius 3 is 2.92 bits per heavy atom. The molecule has 0 amide bonds. The van der Waals surface area contributed by atoms with Gasteiger partial charge in [0, 0.05) is 28.3 Å². The van der Waals surface area contributed by atoms with Crippen molar-refractivity contribution in [1.82, 2.24) is 4.98 Å². The highest BCUT2D eigenvalue weighted by atomic mass is 79.9. The van der Waals surface area contributed by atoms with Crippen LogP contribution in [0.1, 0.15) is 37.8 Å². The molecule has 2 aromatic rings. The van der Waals surface area contributed by atoms with Crippen LogP contribution >= 0.6 is 27.7 Å². The normalized spacial score (nSPS) is 21.6. The van der Waals surface area contributed by atoms with Crippen molar-refractivity contribution in [1.29, 1.82) is 0 Å². The molecule has 1 aliphatic carbocycles. The molecule has 1 unspecified atom stereocenters. The molecule has 24 heavy (non-hydrogen) atoms. The lowest BCUT2D eigenvalue weighted by atomic mass is 10.2. The van der Waals surface area contributed by atoms with Crippen LogP contribution in [0.2, 0.25) is 0 Å². The number of aromatic amines is 1. The summed E-state index contributed by atoms with van der Waals surface area (Å²) in [6.07, 6.45) is 5.91. The number of nitrogens with zero attached hydrogens (tertiary/aromatic N) is 1. The first-order valence-corrected chi connectivity index (χ1v) is 10.4. The van der Waals surface area contributed by atoms with Crippen LogP contribution in [0.15, 0.2) is 27.7 Å². The van der Waals surface area contributed by atoms with Crippen molar-refractivity contribution in [3.05, 3.63) is 28.4 Å². The monoisotopic (exact) mass is 407 g/mol. The van der Waals surface area contributed by atoms with Gasteiger partial charge in [-0.3, -0.25) is 4.99 Å². The van der Waals surface area contributed by atoms with Gasteiger partial charge in [-0.25, -0.2) is 0 Å². The fourth-order valence-corrected chi connectivity index (χ4v) is 5.14. The van der Waals surface area contributed by atoms with Gasteiger partial charge in [-0.05, 0) is 37.5 Å². The fourth-order valence-electron chi connectivity index (χ4n) is 3.59. The third-order valence-electron chi connectivity index (χ3n) is 4.81. The van der Waals surface area contributed by atoms with Gasteiger partial charge in [-0.1, -0.05) is 28.8 Å². The summed E-state index contributed by atoms with van der Waals surface area (Å²) in [5.74, 6) is 0.960. The van der Waals surface area contributed by atoms with E-state index in [1.807, 2.05) is 0 Å². The number of nitrogens with one attached hydrogen (secondary N) is 2. The van der Waals surface area contributed by atoms with E-state index in [2.05, 4.69) is 44.4 Å². The maximum Gasteiger partial charge on any atom is 0.114 e. The van der Waals surface area contributed by atoms with Gasteiger partial charge in [-0.15, -0.1) is 11.8 Å². The van der Waals surface area contributed by atoms with Crippen LogP contribution in [0.25, 0.3) is 10.9 Å². The molecule has 4 nitrogen and oxygen atoms in total. The first kappa shape index (κ1) is 16.5. The Bertz CT molecular complexity index is 767. The van der Waals surface area contributed by atoms with Crippen LogP contribution in [-0.2, 0) is 0 Å². The largest absolute Gasteiger partial charge is 0.396 e. The van der Waals surface area contributed by atoms with E-state index in [9.17, 15) is 0 Å². The molecule has 4 rings (SSSR count). The first-order chi connectivity index (χ1) is 11.7. The van der Waals surface area contributed by atoms with E-state index in [0.717, 1.165) is 32.9 Å². The van der Waals surface area contributed by atoms with Crippen LogP contribution in [0.3, 0.4) is 0 Å². The van der Waals surface area contributed by atoms with Crippen LogP contribution < -0.4 is 5.32 Å². The molecule has 0 radical (unpaired) electrons. The molecule has 0 spiro atoms. The van der Waals surface area contributed by atoms with Crippen molar-refractivity contribution in [2.45, 2.75) is 44.2 Å². The number of aliphatic hydroxyl groups excluding tert-OH is 1. The van der Waals surface area contributed by atoms with Crippen molar-refractivity contribution in [2.75, 3.05) is 17.7 Å². The number of aromatic nitrogens is 1. The number of halogens is 1. The Hall–Kier alpha value is -0.980. The number of thioether (sulfide) groups is 1. The van der Waals surface area contributed by atoms with Gasteiger partial charge < -0.3 is 15.4 Å². The van der Waals surface area contributed by atoms with E-state index >= 15 is 0 Å². The molecular weight excluding hydrogens is 386 g/mol. The van der Waals surface area contributed by atoms with Gasteiger partial charge in [0.2, 0.25) is 0 Å². The van der Waals surface area contributed by atoms with E-state index in [-0.39, 0.29) is 12.6 Å². The lowest BCUT2D eigenvalue weighted by Gasteiger charge is -2.14. The van der Waals surface area contributed by atoms with E-state index < -0.39 is 0 Å². The Balaban J connectivity index is 1.66. The zero-order valence-electron chi connectivity index (χ0n) is 13.5. The zero-order valence-corrected chi connectivity index (χ0v) is 15.9. The summed E-state index contributed by atoms with van der Waals surface area (Å²) < 4.78 is 1.10. The summed E-state index contributed by atoms with van der Waals surface area (Å²) in [7, 11) is 0. The van der Waals surface area contributed by atoms with Crippen molar-refractivity contribution < 1.29 is 5.11 Å². The molecule has 2 aliphatic rings. The molecule has 1 aliphatic heterocycles. The molecule has 1 saturated carbocycles. The number of benzene rings is 1. The topological polar surface area (TPSA) is 60.4 Å². The summed E-state index contributed by atoms with van der Waals surface area (Å²) in [6.45, 7) is 0.205. The average molecular weight is 408 g/mol. The zero-order chi connectivity index (χ0) is 16.5. The molecule has 0 bridgehead atoms. The van der Waals surface area contributed by atoms with E-state index in [1.54, 1.807) is 11.8 Å². The minimum atomic E-state index is 0.205. The minimum Gasteiger partial charge on any atom is -0.396 e. The van der Waals surface area contributed by atoms with Crippen molar-refractivity contribution in [3.63, 3.8) is 0 Å². The van der Waals surface area contributed by atoms with Crippen molar-refractivity contribution in [2.24, 2.45) is 4.99 Å². The van der Waals surface area contributed by atoms with Gasteiger partial charge in [-0.2, -0.15) is 0 Å². The van der Waals surface area contributed by atoms with Gasteiger partial charge in [0.1, 0.15) is 5.04 Å². The highest BCUT2D eigenvalue weighted by Gasteiger charge is 2.21. The molecule has 3 N–H and O–H groups in total. The lowest BCUT2D eigenvalue weighted by molar-refractivity contribution is 0.280. The highest BCUT2D eigenvalue weighted by molar-refractivity contribution is 9.10. The fraction of sp³-hybridized carbons (Fsp3) is 0.500. The SMILES string of the molecule is OCCC1CSC(c2cc3cc(Br)cc(NC4CCCC4)c3[nH]2)=N1.